The van der Waals surface area contributed by atoms with E-state index in [1.807, 2.05) is 30.3 Å². The largest absolute Gasteiger partial charge is 0.500 e. The van der Waals surface area contributed by atoms with Crippen LogP contribution in [0.3, 0.4) is 0 Å². The van der Waals surface area contributed by atoms with E-state index in [0.29, 0.717) is 0 Å². The molecule has 0 aliphatic carbocycles. The molecule has 3 rings (SSSR count). The number of aromatic hydroxyl groups is 1. The first-order valence-electron chi connectivity index (χ1n) is 8.34. The van der Waals surface area contributed by atoms with Gasteiger partial charge in [0.15, 0.2) is 5.75 Å². The molecule has 1 fully saturated rings. The molecule has 0 aromatic heterocycles. The molecule has 9 heteroatoms. The molecule has 144 valence electrons. The van der Waals surface area contributed by atoms with Gasteiger partial charge in [-0.2, -0.15) is 0 Å². The summed E-state index contributed by atoms with van der Waals surface area (Å²) in [6.07, 6.45) is 1.38. The van der Waals surface area contributed by atoms with Crippen molar-refractivity contribution in [3.8, 4) is 11.5 Å². The number of imide groups is 1. The third-order valence-electron chi connectivity index (χ3n) is 3.93. The van der Waals surface area contributed by atoms with E-state index >= 15 is 0 Å². The molecule has 0 bridgehead atoms. The highest BCUT2D eigenvalue weighted by Gasteiger charge is 2.35. The number of nitro groups is 1. The molecule has 2 amide bonds. The lowest BCUT2D eigenvalue weighted by Crippen LogP contribution is -2.27. The van der Waals surface area contributed by atoms with Crippen molar-refractivity contribution < 1.29 is 24.4 Å². The Morgan fingerprint density at radius 2 is 1.96 bits per heavy atom. The van der Waals surface area contributed by atoms with Crippen LogP contribution < -0.4 is 4.74 Å². The van der Waals surface area contributed by atoms with Gasteiger partial charge in [0.05, 0.1) is 23.0 Å². The number of hydrogen-bond acceptors (Lipinski definition) is 7. The van der Waals surface area contributed by atoms with Crippen LogP contribution in [-0.4, -0.2) is 32.7 Å². The maximum Gasteiger partial charge on any atom is 0.315 e. The van der Waals surface area contributed by atoms with Gasteiger partial charge < -0.3 is 9.84 Å². The Balaban J connectivity index is 1.92. The molecule has 0 saturated carbocycles. The minimum atomic E-state index is -0.740. The number of ether oxygens (including phenoxy) is 1. The van der Waals surface area contributed by atoms with Crippen LogP contribution in [0, 0.1) is 10.1 Å². The van der Waals surface area contributed by atoms with Gasteiger partial charge in [0.1, 0.15) is 0 Å². The summed E-state index contributed by atoms with van der Waals surface area (Å²) in [5.74, 6) is -1.12. The normalized spacial score (nSPS) is 15.3. The molecule has 2 aromatic rings. The second kappa shape index (κ2) is 8.13. The Labute approximate surface area is 164 Å². The van der Waals surface area contributed by atoms with Crippen molar-refractivity contribution in [1.82, 2.24) is 4.90 Å². The third-order valence-corrected chi connectivity index (χ3v) is 4.84. The predicted octanol–water partition coefficient (Wildman–Crippen LogP) is 3.94. The summed E-state index contributed by atoms with van der Waals surface area (Å²) in [5, 5.41) is 20.7. The summed E-state index contributed by atoms with van der Waals surface area (Å²) in [6, 6.07) is 11.6. The van der Waals surface area contributed by atoms with Crippen molar-refractivity contribution in [2.75, 3.05) is 6.61 Å². The number of thioether (sulfide) groups is 1. The number of carbonyl (C=O) groups excluding carboxylic acids is 2. The SMILES string of the molecule is CCOc1cc(/C=C2\SC(=O)N(Cc3ccccc3)C2=O)cc([N+](=O)[O-])c1O. The van der Waals surface area contributed by atoms with Crippen LogP contribution in [0.4, 0.5) is 10.5 Å². The van der Waals surface area contributed by atoms with E-state index in [4.69, 9.17) is 4.74 Å². The zero-order valence-corrected chi connectivity index (χ0v) is 15.6. The molecule has 1 saturated heterocycles. The summed E-state index contributed by atoms with van der Waals surface area (Å²) in [5.41, 5.74) is 0.545. The van der Waals surface area contributed by atoms with Crippen molar-refractivity contribution in [2.45, 2.75) is 13.5 Å². The maximum absolute atomic E-state index is 12.6. The molecule has 0 radical (unpaired) electrons. The second-order valence-corrected chi connectivity index (χ2v) is 6.82. The van der Waals surface area contributed by atoms with E-state index in [1.165, 1.54) is 12.1 Å². The van der Waals surface area contributed by atoms with Crippen LogP contribution in [0.5, 0.6) is 11.5 Å². The number of amides is 2. The highest BCUT2D eigenvalue weighted by atomic mass is 32.2. The Bertz CT molecular complexity index is 974. The molecule has 1 aliphatic heterocycles. The van der Waals surface area contributed by atoms with E-state index in [9.17, 15) is 24.8 Å². The van der Waals surface area contributed by atoms with Gasteiger partial charge in [-0.3, -0.25) is 24.6 Å². The van der Waals surface area contributed by atoms with Gasteiger partial charge >= 0.3 is 5.69 Å². The number of hydrogen-bond donors (Lipinski definition) is 1. The Morgan fingerprint density at radius 3 is 2.61 bits per heavy atom. The van der Waals surface area contributed by atoms with Gasteiger partial charge in [-0.25, -0.2) is 0 Å². The van der Waals surface area contributed by atoms with E-state index < -0.39 is 27.5 Å². The van der Waals surface area contributed by atoms with Crippen LogP contribution in [0.15, 0.2) is 47.4 Å². The zero-order valence-electron chi connectivity index (χ0n) is 14.8. The molecular weight excluding hydrogens is 384 g/mol. The molecule has 0 spiro atoms. The average Bonchev–Trinajstić information content (AvgIpc) is 2.92. The average molecular weight is 400 g/mol. The second-order valence-electron chi connectivity index (χ2n) is 5.83. The standard InChI is InChI=1S/C19H16N2O6S/c1-2-27-15-9-13(8-14(17(15)22)21(25)26)10-16-18(23)20(19(24)28-16)11-12-6-4-3-5-7-12/h3-10,22H,2,11H2,1H3/b16-10-. The van der Waals surface area contributed by atoms with E-state index in [2.05, 4.69) is 0 Å². The molecule has 0 unspecified atom stereocenters. The van der Waals surface area contributed by atoms with Gasteiger partial charge in [-0.1, -0.05) is 30.3 Å². The number of nitrogens with zero attached hydrogens (tertiary/aromatic N) is 2. The number of benzene rings is 2. The van der Waals surface area contributed by atoms with Gasteiger partial charge in [0, 0.05) is 6.07 Å². The van der Waals surface area contributed by atoms with E-state index in [1.54, 1.807) is 6.92 Å². The molecule has 1 aliphatic rings. The lowest BCUT2D eigenvalue weighted by molar-refractivity contribution is -0.386. The third kappa shape index (κ3) is 3.99. The minimum Gasteiger partial charge on any atom is -0.500 e. The van der Waals surface area contributed by atoms with Crippen LogP contribution in [0.25, 0.3) is 6.08 Å². The first kappa shape index (κ1) is 19.4. The summed E-state index contributed by atoms with van der Waals surface area (Å²) in [7, 11) is 0. The predicted molar refractivity (Wildman–Crippen MR) is 104 cm³/mol. The quantitative estimate of drug-likeness (QED) is 0.444. The number of carbonyl (C=O) groups is 2. The zero-order chi connectivity index (χ0) is 20.3. The number of phenols is 1. The Morgan fingerprint density at radius 1 is 1.25 bits per heavy atom. The summed E-state index contributed by atoms with van der Waals surface area (Å²) in [4.78, 5) is 36.6. The molecule has 0 atom stereocenters. The molecule has 1 N–H and O–H groups in total. The van der Waals surface area contributed by atoms with Crippen LogP contribution in [0.1, 0.15) is 18.1 Å². The fourth-order valence-electron chi connectivity index (χ4n) is 2.66. The fraction of sp³-hybridized carbons (Fsp3) is 0.158. The molecule has 28 heavy (non-hydrogen) atoms. The molecular formula is C19H16N2O6S. The van der Waals surface area contributed by atoms with Crippen LogP contribution >= 0.6 is 11.8 Å². The maximum atomic E-state index is 12.6. The van der Waals surface area contributed by atoms with Gasteiger partial charge in [-0.05, 0) is 42.0 Å². The van der Waals surface area contributed by atoms with Gasteiger partial charge in [0.25, 0.3) is 11.1 Å². The monoisotopic (exact) mass is 400 g/mol. The van der Waals surface area contributed by atoms with Crippen molar-refractivity contribution in [1.29, 1.82) is 0 Å². The van der Waals surface area contributed by atoms with Gasteiger partial charge in [0.2, 0.25) is 5.75 Å². The highest BCUT2D eigenvalue weighted by molar-refractivity contribution is 8.18. The lowest BCUT2D eigenvalue weighted by atomic mass is 10.1. The summed E-state index contributed by atoms with van der Waals surface area (Å²) in [6.45, 7) is 2.01. The molecule has 1 heterocycles. The van der Waals surface area contributed by atoms with Crippen LogP contribution in [0.2, 0.25) is 0 Å². The molecule has 8 nitrogen and oxygen atoms in total. The van der Waals surface area contributed by atoms with E-state index in [-0.39, 0.29) is 29.4 Å². The van der Waals surface area contributed by atoms with Crippen molar-refractivity contribution >= 4 is 34.7 Å². The Kier molecular flexibility index (Phi) is 5.65. The highest BCUT2D eigenvalue weighted by Crippen LogP contribution is 2.39. The first-order valence-corrected chi connectivity index (χ1v) is 9.15. The smallest absolute Gasteiger partial charge is 0.315 e. The first-order chi connectivity index (χ1) is 13.4. The van der Waals surface area contributed by atoms with Crippen molar-refractivity contribution in [2.24, 2.45) is 0 Å². The van der Waals surface area contributed by atoms with Crippen LogP contribution in [-0.2, 0) is 11.3 Å². The van der Waals surface area contributed by atoms with Crippen molar-refractivity contribution in [3.05, 3.63) is 68.6 Å². The van der Waals surface area contributed by atoms with Crippen molar-refractivity contribution in [3.63, 3.8) is 0 Å². The number of nitro benzene ring substituents is 1. The number of phenolic OH excluding ortho intramolecular Hbond substituents is 1. The topological polar surface area (TPSA) is 110 Å². The summed E-state index contributed by atoms with van der Waals surface area (Å²) >= 11 is 0.759. The fourth-order valence-corrected chi connectivity index (χ4v) is 3.49. The van der Waals surface area contributed by atoms with Gasteiger partial charge in [-0.15, -0.1) is 0 Å². The number of rotatable bonds is 6. The minimum absolute atomic E-state index is 0.0635. The van der Waals surface area contributed by atoms with E-state index in [0.717, 1.165) is 28.3 Å². The molecule has 2 aromatic carbocycles. The Hall–Kier alpha value is -3.33. The summed E-state index contributed by atoms with van der Waals surface area (Å²) < 4.78 is 5.23. The lowest BCUT2D eigenvalue weighted by Gasteiger charge is -2.12.